The normalized spacial score (nSPS) is 11.5. The van der Waals surface area contributed by atoms with Crippen LogP contribution in [0.4, 0.5) is 5.69 Å². The van der Waals surface area contributed by atoms with Crippen LogP contribution in [0, 0.1) is 6.92 Å². The van der Waals surface area contributed by atoms with E-state index in [1.807, 2.05) is 32.0 Å². The molecule has 6 heteroatoms. The number of hydrogen-bond donors (Lipinski definition) is 1. The van der Waals surface area contributed by atoms with Gasteiger partial charge >= 0.3 is 10.4 Å². The maximum atomic E-state index is 10.4. The standard InChI is InChI=1S/C12H19NO4S/c1-3-13(8-5-9-17-18(14,15)16)12-7-4-6-11(2)10-12/h4,6-7,10H,3,5,8-9H2,1-2H3,(H,14,15,16). The first kappa shape index (κ1) is 14.9. The van der Waals surface area contributed by atoms with Crippen molar-refractivity contribution in [1.29, 1.82) is 0 Å². The van der Waals surface area contributed by atoms with E-state index in [1.165, 1.54) is 5.56 Å². The maximum absolute atomic E-state index is 10.4. The molecule has 0 aliphatic carbocycles. The summed E-state index contributed by atoms with van der Waals surface area (Å²) >= 11 is 0. The van der Waals surface area contributed by atoms with E-state index in [1.54, 1.807) is 0 Å². The van der Waals surface area contributed by atoms with Gasteiger partial charge in [-0.1, -0.05) is 12.1 Å². The molecule has 0 fully saturated rings. The lowest BCUT2D eigenvalue weighted by atomic mass is 10.2. The molecule has 5 nitrogen and oxygen atoms in total. The molecule has 0 bridgehead atoms. The highest BCUT2D eigenvalue weighted by Gasteiger charge is 2.07. The highest BCUT2D eigenvalue weighted by atomic mass is 32.3. The van der Waals surface area contributed by atoms with Crippen molar-refractivity contribution in [2.45, 2.75) is 20.3 Å². The highest BCUT2D eigenvalue weighted by Crippen LogP contribution is 2.15. The summed E-state index contributed by atoms with van der Waals surface area (Å²) in [6.45, 7) is 5.55. The van der Waals surface area contributed by atoms with Gasteiger partial charge in [0.2, 0.25) is 0 Å². The Bertz CT molecular complexity index is 473. The Kier molecular flexibility index (Phi) is 5.58. The molecular formula is C12H19NO4S. The molecule has 0 saturated heterocycles. The molecule has 0 heterocycles. The Morgan fingerprint density at radius 2 is 2.11 bits per heavy atom. The average molecular weight is 273 g/mol. The first-order chi connectivity index (χ1) is 8.42. The smallest absolute Gasteiger partial charge is 0.372 e. The summed E-state index contributed by atoms with van der Waals surface area (Å²) in [6, 6.07) is 8.11. The van der Waals surface area contributed by atoms with Gasteiger partial charge < -0.3 is 4.90 Å². The molecule has 1 rings (SSSR count). The Labute approximate surface area is 108 Å². The monoisotopic (exact) mass is 273 g/mol. The summed E-state index contributed by atoms with van der Waals surface area (Å²) in [6.07, 6.45) is 0.529. The lowest BCUT2D eigenvalue weighted by molar-refractivity contribution is 0.266. The van der Waals surface area contributed by atoms with E-state index >= 15 is 0 Å². The van der Waals surface area contributed by atoms with E-state index in [0.717, 1.165) is 12.2 Å². The predicted octanol–water partition coefficient (Wildman–Crippen LogP) is 2.03. The van der Waals surface area contributed by atoms with E-state index in [9.17, 15) is 8.42 Å². The van der Waals surface area contributed by atoms with E-state index in [2.05, 4.69) is 15.1 Å². The largest absolute Gasteiger partial charge is 0.397 e. The summed E-state index contributed by atoms with van der Waals surface area (Å²) in [4.78, 5) is 2.13. The minimum Gasteiger partial charge on any atom is -0.372 e. The molecule has 0 amide bonds. The lowest BCUT2D eigenvalue weighted by Gasteiger charge is -2.23. The van der Waals surface area contributed by atoms with Crippen LogP contribution >= 0.6 is 0 Å². The van der Waals surface area contributed by atoms with Gasteiger partial charge in [0.1, 0.15) is 0 Å². The molecule has 0 aromatic heterocycles. The van der Waals surface area contributed by atoms with E-state index < -0.39 is 10.4 Å². The van der Waals surface area contributed by atoms with Crippen molar-refractivity contribution < 1.29 is 17.2 Å². The van der Waals surface area contributed by atoms with Crippen LogP contribution in [0.2, 0.25) is 0 Å². The second-order valence-electron chi connectivity index (χ2n) is 4.02. The Morgan fingerprint density at radius 1 is 1.39 bits per heavy atom. The molecule has 0 spiro atoms. The molecule has 0 saturated carbocycles. The van der Waals surface area contributed by atoms with Crippen LogP contribution in [-0.2, 0) is 14.6 Å². The third-order valence-electron chi connectivity index (χ3n) is 2.55. The van der Waals surface area contributed by atoms with Crippen molar-refractivity contribution in [2.75, 3.05) is 24.6 Å². The second kappa shape index (κ2) is 6.72. The number of hydrogen-bond acceptors (Lipinski definition) is 4. The van der Waals surface area contributed by atoms with Crippen LogP contribution in [0.3, 0.4) is 0 Å². The van der Waals surface area contributed by atoms with Crippen molar-refractivity contribution in [3.8, 4) is 0 Å². The number of anilines is 1. The summed E-state index contributed by atoms with van der Waals surface area (Å²) in [5.74, 6) is 0. The zero-order valence-electron chi connectivity index (χ0n) is 10.7. The van der Waals surface area contributed by atoms with Crippen LogP contribution in [0.5, 0.6) is 0 Å². The van der Waals surface area contributed by atoms with Gasteiger partial charge in [-0.25, -0.2) is 4.18 Å². The van der Waals surface area contributed by atoms with Gasteiger partial charge in [0.15, 0.2) is 0 Å². The molecule has 1 aromatic carbocycles. The molecule has 0 atom stereocenters. The minimum atomic E-state index is -4.32. The van der Waals surface area contributed by atoms with Crippen LogP contribution < -0.4 is 4.90 Å². The van der Waals surface area contributed by atoms with E-state index in [4.69, 9.17) is 4.55 Å². The molecule has 1 N–H and O–H groups in total. The van der Waals surface area contributed by atoms with Crippen LogP contribution in [0.15, 0.2) is 24.3 Å². The molecular weight excluding hydrogens is 254 g/mol. The van der Waals surface area contributed by atoms with Crippen molar-refractivity contribution >= 4 is 16.1 Å². The van der Waals surface area contributed by atoms with Crippen molar-refractivity contribution in [3.05, 3.63) is 29.8 Å². The SMILES string of the molecule is CCN(CCCOS(=O)(=O)O)c1cccc(C)c1. The summed E-state index contributed by atoms with van der Waals surface area (Å²) in [7, 11) is -4.32. The molecule has 1 aromatic rings. The molecule has 18 heavy (non-hydrogen) atoms. The van der Waals surface area contributed by atoms with Crippen molar-refractivity contribution in [3.63, 3.8) is 0 Å². The third-order valence-corrected chi connectivity index (χ3v) is 3.02. The predicted molar refractivity (Wildman–Crippen MR) is 71.2 cm³/mol. The Balaban J connectivity index is 2.48. The maximum Gasteiger partial charge on any atom is 0.397 e. The average Bonchev–Trinajstić information content (AvgIpc) is 2.27. The second-order valence-corrected chi connectivity index (χ2v) is 5.11. The van der Waals surface area contributed by atoms with Gasteiger partial charge in [-0.15, -0.1) is 0 Å². The number of rotatable bonds is 7. The van der Waals surface area contributed by atoms with Crippen LogP contribution in [0.1, 0.15) is 18.9 Å². The van der Waals surface area contributed by atoms with E-state index in [0.29, 0.717) is 13.0 Å². The Hall–Kier alpha value is -1.11. The zero-order valence-corrected chi connectivity index (χ0v) is 11.5. The first-order valence-corrected chi connectivity index (χ1v) is 7.22. The third kappa shape index (κ3) is 5.48. The minimum absolute atomic E-state index is 0.0127. The molecule has 0 aliphatic rings. The van der Waals surface area contributed by atoms with Gasteiger partial charge in [-0.2, -0.15) is 8.42 Å². The van der Waals surface area contributed by atoms with Crippen molar-refractivity contribution in [2.24, 2.45) is 0 Å². The van der Waals surface area contributed by atoms with Crippen LogP contribution in [0.25, 0.3) is 0 Å². The van der Waals surface area contributed by atoms with Gasteiger partial charge in [-0.05, 0) is 38.0 Å². The molecule has 0 unspecified atom stereocenters. The van der Waals surface area contributed by atoms with E-state index in [-0.39, 0.29) is 6.61 Å². The first-order valence-electron chi connectivity index (χ1n) is 5.86. The quantitative estimate of drug-likeness (QED) is 0.608. The van der Waals surface area contributed by atoms with Crippen molar-refractivity contribution in [1.82, 2.24) is 0 Å². The Morgan fingerprint density at radius 3 is 2.67 bits per heavy atom. The van der Waals surface area contributed by atoms with Gasteiger partial charge in [0.05, 0.1) is 6.61 Å². The fourth-order valence-corrected chi connectivity index (χ4v) is 2.04. The fourth-order valence-electron chi connectivity index (χ4n) is 1.71. The topological polar surface area (TPSA) is 66.8 Å². The van der Waals surface area contributed by atoms with Gasteiger partial charge in [0.25, 0.3) is 0 Å². The summed E-state index contributed by atoms with van der Waals surface area (Å²) < 4.78 is 33.5. The number of nitrogens with zero attached hydrogens (tertiary/aromatic N) is 1. The summed E-state index contributed by atoms with van der Waals surface area (Å²) in [5, 5.41) is 0. The molecule has 0 radical (unpaired) electrons. The van der Waals surface area contributed by atoms with Gasteiger partial charge in [0, 0.05) is 18.8 Å². The molecule has 0 aliphatic heterocycles. The summed E-state index contributed by atoms with van der Waals surface area (Å²) in [5.41, 5.74) is 2.28. The van der Waals surface area contributed by atoms with Gasteiger partial charge in [-0.3, -0.25) is 4.55 Å². The van der Waals surface area contributed by atoms with Crippen LogP contribution in [-0.4, -0.2) is 32.7 Å². The number of aryl methyl sites for hydroxylation is 1. The highest BCUT2D eigenvalue weighted by molar-refractivity contribution is 7.80. The lowest BCUT2D eigenvalue weighted by Crippen LogP contribution is -2.25. The zero-order chi connectivity index (χ0) is 13.6. The molecule has 102 valence electrons. The number of benzene rings is 1. The fraction of sp³-hybridized carbons (Fsp3) is 0.500.